The van der Waals surface area contributed by atoms with Gasteiger partial charge in [0.1, 0.15) is 7.85 Å². The van der Waals surface area contributed by atoms with Gasteiger partial charge in [0.25, 0.3) is 0 Å². The van der Waals surface area contributed by atoms with Crippen LogP contribution in [0.1, 0.15) is 5.56 Å². The second kappa shape index (κ2) is 4.10. The molecule has 0 amide bonds. The van der Waals surface area contributed by atoms with Crippen molar-refractivity contribution in [3.05, 3.63) is 35.9 Å². The lowest BCUT2D eigenvalue weighted by atomic mass is 9.17. The van der Waals surface area contributed by atoms with Crippen LogP contribution in [0.15, 0.2) is 30.3 Å². The molecule has 1 nitrogen and oxygen atoms in total. The number of benzene rings is 1. The van der Waals surface area contributed by atoms with E-state index in [1.165, 1.54) is 5.56 Å². The number of hydrogen-bond donors (Lipinski definition) is 1. The molecule has 0 aliphatic carbocycles. The minimum Gasteiger partial charge on any atom is -0.329 e. The molecule has 1 rings (SSSR count). The summed E-state index contributed by atoms with van der Waals surface area (Å²) in [6, 6.07) is 10.4. The van der Waals surface area contributed by atoms with Gasteiger partial charge in [-0.05, 0) is 11.0 Å². The van der Waals surface area contributed by atoms with E-state index in [0.717, 1.165) is 0 Å². The molecule has 1 aromatic rings. The Morgan fingerprint density at radius 2 is 1.25 bits per heavy atom. The van der Waals surface area contributed by atoms with Gasteiger partial charge in [0.2, 0.25) is 0 Å². The Kier molecular flexibility index (Phi) is 3.50. The first kappa shape index (κ1) is 13.6. The van der Waals surface area contributed by atoms with Crippen LogP contribution >= 0.6 is 0 Å². The lowest BCUT2D eigenvalue weighted by Crippen LogP contribution is -2.55. The normalized spacial score (nSPS) is 16.6. The highest BCUT2D eigenvalue weighted by molar-refractivity contribution is 6.68. The third-order valence-electron chi connectivity index (χ3n) is 4.55. The highest BCUT2D eigenvalue weighted by Crippen LogP contribution is 2.49. The predicted octanol–water partition coefficient (Wildman–Crippen LogP) is -4.21. The van der Waals surface area contributed by atoms with E-state index in [0.29, 0.717) is 0 Å². The van der Waals surface area contributed by atoms with E-state index in [4.69, 9.17) is 5.73 Å². The lowest BCUT2D eigenvalue weighted by molar-refractivity contribution is 0.532. The van der Waals surface area contributed by atoms with Gasteiger partial charge in [0, 0.05) is 0 Å². The highest BCUT2D eigenvalue weighted by atomic mass is 14.7. The smallest absolute Gasteiger partial charge is 0.131 e. The van der Waals surface area contributed by atoms with Gasteiger partial charge in [-0.1, -0.05) is 35.5 Å². The van der Waals surface area contributed by atoms with Crippen LogP contribution in [0.5, 0.6) is 0 Å². The average Bonchev–Trinajstić information content (AvgIpc) is 2.17. The van der Waals surface area contributed by atoms with Crippen molar-refractivity contribution in [2.75, 3.05) is 0 Å². The molecular weight excluding hydrogens is 187 g/mol. The Hall–Kier alpha value is -0.430. The van der Waals surface area contributed by atoms with Crippen LogP contribution in [0.25, 0.3) is 0 Å². The van der Waals surface area contributed by atoms with Crippen molar-refractivity contribution in [2.45, 2.75) is 15.8 Å². The number of rotatable bonds is 3. The van der Waals surface area contributed by atoms with Crippen molar-refractivity contribution in [3.8, 4) is 0 Å². The van der Waals surface area contributed by atoms with E-state index >= 15 is 0 Å². The maximum Gasteiger partial charge on any atom is 0.131 e. The van der Waals surface area contributed by atoms with Crippen molar-refractivity contribution in [3.63, 3.8) is 0 Å². The molecule has 78 valence electrons. The molecule has 0 unspecified atom stereocenters. The van der Waals surface area contributed by atoms with Crippen LogP contribution in [-0.4, -0.2) is 47.1 Å². The van der Waals surface area contributed by atoms with Crippen LogP contribution in [0.2, 0.25) is 10.3 Å². The minimum absolute atomic E-state index is 0.0152. The fourth-order valence-corrected chi connectivity index (χ4v) is 1.92. The van der Waals surface area contributed by atoms with E-state index in [9.17, 15) is 0 Å². The van der Waals surface area contributed by atoms with E-state index in [1.807, 2.05) is 6.07 Å². The quantitative estimate of drug-likeness (QED) is 0.498. The summed E-state index contributed by atoms with van der Waals surface area (Å²) in [6.45, 7) is 0. The van der Waals surface area contributed by atoms with E-state index in [-0.39, 0.29) is 15.8 Å². The predicted molar refractivity (Wildman–Crippen MR) is 89.0 cm³/mol. The Labute approximate surface area is 105 Å². The van der Waals surface area contributed by atoms with Gasteiger partial charge < -0.3 is 5.73 Å². The fraction of sp³-hybridized carbons (Fsp3) is 0.333. The molecule has 0 bridgehead atoms. The molecule has 0 heterocycles. The second-order valence-electron chi connectivity index (χ2n) is 6.44. The molecule has 1 aromatic carbocycles. The largest absolute Gasteiger partial charge is 0.329 e. The van der Waals surface area contributed by atoms with Gasteiger partial charge in [0.15, 0.2) is 0 Å². The Bertz CT molecular complexity index is 356. The van der Waals surface area contributed by atoms with Crippen molar-refractivity contribution in [2.24, 2.45) is 5.73 Å². The molecule has 0 radical (unpaired) electrons. The minimum atomic E-state index is -0.327. The zero-order chi connectivity index (χ0) is 12.6. The summed E-state index contributed by atoms with van der Waals surface area (Å²) in [5.74, 6) is 0. The standard InChI is InChI=1S/C9H19B6N/c10-7(16,6-4-2-1-3-5-6)8(11,12)9(13,14)15/h1-5H,10-16H2/t7-/m0/s1. The van der Waals surface area contributed by atoms with Gasteiger partial charge in [-0.3, -0.25) is 0 Å². The summed E-state index contributed by atoms with van der Waals surface area (Å²) in [5, 5.41) is 0.174. The summed E-state index contributed by atoms with van der Waals surface area (Å²) in [6.07, 6.45) is 0. The van der Waals surface area contributed by atoms with E-state index in [2.05, 4.69) is 71.3 Å². The Morgan fingerprint density at radius 1 is 0.812 bits per heavy atom. The molecule has 16 heavy (non-hydrogen) atoms. The molecule has 0 aromatic heterocycles. The SMILES string of the molecule is BC(B)(B)C(B)(B)[C@@](B)(N)c1ccccc1. The fourth-order valence-electron chi connectivity index (χ4n) is 1.92. The average molecular weight is 206 g/mol. The van der Waals surface area contributed by atoms with E-state index < -0.39 is 0 Å². The molecule has 0 spiro atoms. The summed E-state index contributed by atoms with van der Waals surface area (Å²) in [7, 11) is 13.4. The topological polar surface area (TPSA) is 26.0 Å². The highest BCUT2D eigenvalue weighted by Gasteiger charge is 2.45. The third-order valence-corrected chi connectivity index (χ3v) is 4.55. The van der Waals surface area contributed by atoms with Crippen LogP contribution in [0.4, 0.5) is 0 Å². The first-order valence-corrected chi connectivity index (χ1v) is 5.95. The molecule has 0 aliphatic heterocycles. The third kappa shape index (κ3) is 2.15. The Balaban J connectivity index is 3.22. The Morgan fingerprint density at radius 3 is 1.62 bits per heavy atom. The zero-order valence-electron chi connectivity index (χ0n) is 11.5. The molecule has 0 fully saturated rings. The lowest BCUT2D eigenvalue weighted by Gasteiger charge is -2.52. The number of hydrogen-bond acceptors (Lipinski definition) is 1. The molecule has 2 N–H and O–H groups in total. The maximum absolute atomic E-state index is 6.60. The second-order valence-corrected chi connectivity index (χ2v) is 6.44. The summed E-state index contributed by atoms with van der Waals surface area (Å²) in [4.78, 5) is 0. The summed E-state index contributed by atoms with van der Waals surface area (Å²) in [5.41, 5.74) is 7.48. The molecule has 0 saturated heterocycles. The molecule has 0 saturated carbocycles. The molecular formula is C9H19B6N. The molecule has 7 heteroatoms. The van der Waals surface area contributed by atoms with Crippen LogP contribution in [0.3, 0.4) is 0 Å². The van der Waals surface area contributed by atoms with Gasteiger partial charge in [-0.25, -0.2) is 0 Å². The zero-order valence-corrected chi connectivity index (χ0v) is 11.5. The van der Waals surface area contributed by atoms with Gasteiger partial charge in [-0.15, -0.1) is 5.11 Å². The summed E-state index contributed by atoms with van der Waals surface area (Å²) >= 11 is 0. The first-order valence-electron chi connectivity index (χ1n) is 5.95. The number of nitrogens with two attached hydrogens (primary N) is 1. The van der Waals surface area contributed by atoms with Crippen LogP contribution in [-0.2, 0) is 5.44 Å². The first-order chi connectivity index (χ1) is 7.11. The molecule has 0 aliphatic rings. The van der Waals surface area contributed by atoms with Crippen molar-refractivity contribution < 1.29 is 0 Å². The monoisotopic (exact) mass is 207 g/mol. The van der Waals surface area contributed by atoms with E-state index in [1.54, 1.807) is 0 Å². The van der Waals surface area contributed by atoms with Gasteiger partial charge >= 0.3 is 0 Å². The van der Waals surface area contributed by atoms with Crippen LogP contribution in [0, 0.1) is 0 Å². The van der Waals surface area contributed by atoms with Crippen molar-refractivity contribution in [1.82, 2.24) is 0 Å². The van der Waals surface area contributed by atoms with Crippen LogP contribution < -0.4 is 5.73 Å². The molecule has 1 atom stereocenters. The van der Waals surface area contributed by atoms with Gasteiger partial charge in [0.05, 0.1) is 39.2 Å². The van der Waals surface area contributed by atoms with Crippen molar-refractivity contribution in [1.29, 1.82) is 0 Å². The van der Waals surface area contributed by atoms with Gasteiger partial charge in [-0.2, -0.15) is 0 Å². The maximum atomic E-state index is 6.60. The van der Waals surface area contributed by atoms with Crippen molar-refractivity contribution >= 4 is 47.1 Å². The summed E-state index contributed by atoms with van der Waals surface area (Å²) < 4.78 is 0.